The minimum atomic E-state index is -0.446. The van der Waals surface area contributed by atoms with Crippen LogP contribution in [-0.2, 0) is 16.1 Å². The van der Waals surface area contributed by atoms with Gasteiger partial charge in [0.25, 0.3) is 0 Å². The van der Waals surface area contributed by atoms with Crippen molar-refractivity contribution in [3.05, 3.63) is 28.8 Å². The van der Waals surface area contributed by atoms with E-state index in [1.807, 2.05) is 39.0 Å². The van der Waals surface area contributed by atoms with Gasteiger partial charge in [-0.15, -0.1) is 11.8 Å². The molecule has 1 N–H and O–H groups in total. The first-order valence-corrected chi connectivity index (χ1v) is 8.02. The van der Waals surface area contributed by atoms with E-state index in [0.717, 1.165) is 23.5 Å². The van der Waals surface area contributed by atoms with Crippen molar-refractivity contribution in [2.75, 3.05) is 12.3 Å². The molecule has 0 aromatic heterocycles. The minimum absolute atomic E-state index is 0.211. The summed E-state index contributed by atoms with van der Waals surface area (Å²) in [5.41, 5.74) is 0.697. The van der Waals surface area contributed by atoms with Crippen molar-refractivity contribution in [1.29, 1.82) is 0 Å². The van der Waals surface area contributed by atoms with Crippen LogP contribution in [0.25, 0.3) is 0 Å². The molecule has 3 nitrogen and oxygen atoms in total. The number of esters is 1. The molecule has 0 heterocycles. The third-order valence-electron chi connectivity index (χ3n) is 2.36. The number of halogens is 1. The van der Waals surface area contributed by atoms with Crippen molar-refractivity contribution >= 4 is 29.3 Å². The van der Waals surface area contributed by atoms with E-state index < -0.39 is 5.60 Å². The first kappa shape index (κ1) is 17.3. The second-order valence-corrected chi connectivity index (χ2v) is 6.86. The first-order valence-electron chi connectivity index (χ1n) is 6.65. The molecule has 0 spiro atoms. The topological polar surface area (TPSA) is 38.3 Å². The number of thioether (sulfide) groups is 1. The van der Waals surface area contributed by atoms with Gasteiger partial charge in [0.05, 0.1) is 5.75 Å². The molecule has 0 aliphatic rings. The third-order valence-corrected chi connectivity index (χ3v) is 3.67. The maximum Gasteiger partial charge on any atom is 0.316 e. The Bertz CT molecular complexity index is 458. The standard InChI is InChI=1S/C15H22ClNO2S/c1-5-17-9-11-6-7-12(16)8-13(11)20-10-14(18)19-15(2,3)4/h6-8,17H,5,9-10H2,1-4H3. The molecule has 112 valence electrons. The van der Waals surface area contributed by atoms with Gasteiger partial charge < -0.3 is 10.1 Å². The molecule has 0 saturated carbocycles. The Morgan fingerprint density at radius 2 is 2.10 bits per heavy atom. The Balaban J connectivity index is 2.66. The zero-order chi connectivity index (χ0) is 15.2. The van der Waals surface area contributed by atoms with Gasteiger partial charge in [-0.1, -0.05) is 24.6 Å². The molecule has 0 saturated heterocycles. The summed E-state index contributed by atoms with van der Waals surface area (Å²) in [6.45, 7) is 9.33. The number of carbonyl (C=O) groups is 1. The van der Waals surface area contributed by atoms with E-state index in [-0.39, 0.29) is 11.7 Å². The van der Waals surface area contributed by atoms with E-state index in [1.165, 1.54) is 11.8 Å². The highest BCUT2D eigenvalue weighted by Gasteiger charge is 2.16. The van der Waals surface area contributed by atoms with Gasteiger partial charge in [-0.2, -0.15) is 0 Å². The van der Waals surface area contributed by atoms with Gasteiger partial charge in [0.15, 0.2) is 0 Å². The van der Waals surface area contributed by atoms with E-state index in [0.29, 0.717) is 5.02 Å². The number of benzene rings is 1. The largest absolute Gasteiger partial charge is 0.459 e. The molecule has 0 fully saturated rings. The van der Waals surface area contributed by atoms with Gasteiger partial charge in [-0.25, -0.2) is 0 Å². The molecular weight excluding hydrogens is 294 g/mol. The lowest BCUT2D eigenvalue weighted by molar-refractivity contribution is -0.151. The molecule has 0 radical (unpaired) electrons. The summed E-state index contributed by atoms with van der Waals surface area (Å²) in [5.74, 6) is 0.0772. The molecule has 0 unspecified atom stereocenters. The fraction of sp³-hybridized carbons (Fsp3) is 0.533. The van der Waals surface area contributed by atoms with Crippen molar-refractivity contribution < 1.29 is 9.53 Å². The van der Waals surface area contributed by atoms with Crippen LogP contribution in [0.2, 0.25) is 5.02 Å². The fourth-order valence-electron chi connectivity index (χ4n) is 1.58. The van der Waals surface area contributed by atoms with Crippen LogP contribution in [0.5, 0.6) is 0 Å². The number of rotatable bonds is 6. The summed E-state index contributed by atoms with van der Waals surface area (Å²) in [6.07, 6.45) is 0. The second-order valence-electron chi connectivity index (χ2n) is 5.41. The fourth-order valence-corrected chi connectivity index (χ4v) is 2.68. The van der Waals surface area contributed by atoms with E-state index in [1.54, 1.807) is 0 Å². The number of ether oxygens (including phenoxy) is 1. The highest BCUT2D eigenvalue weighted by Crippen LogP contribution is 2.27. The summed E-state index contributed by atoms with van der Waals surface area (Å²) >= 11 is 7.48. The summed E-state index contributed by atoms with van der Waals surface area (Å²) in [7, 11) is 0. The maximum atomic E-state index is 11.8. The van der Waals surface area contributed by atoms with Crippen LogP contribution in [0.3, 0.4) is 0 Å². The maximum absolute atomic E-state index is 11.8. The van der Waals surface area contributed by atoms with E-state index in [2.05, 4.69) is 12.2 Å². The highest BCUT2D eigenvalue weighted by atomic mass is 35.5. The van der Waals surface area contributed by atoms with Gasteiger partial charge in [0.1, 0.15) is 5.60 Å². The number of nitrogens with one attached hydrogen (secondary N) is 1. The summed E-state index contributed by atoms with van der Waals surface area (Å²) in [6, 6.07) is 5.75. The Hall–Kier alpha value is -0.710. The normalized spacial score (nSPS) is 11.4. The van der Waals surface area contributed by atoms with Crippen molar-refractivity contribution in [1.82, 2.24) is 5.32 Å². The van der Waals surface area contributed by atoms with Crippen molar-refractivity contribution in [2.45, 2.75) is 44.7 Å². The van der Waals surface area contributed by atoms with Crippen molar-refractivity contribution in [2.24, 2.45) is 0 Å². The van der Waals surface area contributed by atoms with E-state index in [4.69, 9.17) is 16.3 Å². The molecule has 0 amide bonds. The molecule has 1 rings (SSSR count). The van der Waals surface area contributed by atoms with Crippen LogP contribution >= 0.6 is 23.4 Å². The lowest BCUT2D eigenvalue weighted by Gasteiger charge is -2.19. The molecule has 0 atom stereocenters. The number of hydrogen-bond acceptors (Lipinski definition) is 4. The first-order chi connectivity index (χ1) is 9.31. The quantitative estimate of drug-likeness (QED) is 0.638. The Labute approximate surface area is 130 Å². The zero-order valence-corrected chi connectivity index (χ0v) is 14.0. The van der Waals surface area contributed by atoms with Gasteiger partial charge in [-0.3, -0.25) is 4.79 Å². The molecule has 0 bridgehead atoms. The van der Waals surface area contributed by atoms with Crippen LogP contribution in [0.15, 0.2) is 23.1 Å². The summed E-state index contributed by atoms with van der Waals surface area (Å²) in [4.78, 5) is 12.8. The molecule has 0 aliphatic heterocycles. The Morgan fingerprint density at radius 3 is 2.70 bits per heavy atom. The van der Waals surface area contributed by atoms with Gasteiger partial charge in [0.2, 0.25) is 0 Å². The van der Waals surface area contributed by atoms with Gasteiger partial charge >= 0.3 is 5.97 Å². The van der Waals surface area contributed by atoms with Crippen LogP contribution < -0.4 is 5.32 Å². The van der Waals surface area contributed by atoms with Crippen molar-refractivity contribution in [3.63, 3.8) is 0 Å². The smallest absolute Gasteiger partial charge is 0.316 e. The Morgan fingerprint density at radius 1 is 1.40 bits per heavy atom. The molecule has 20 heavy (non-hydrogen) atoms. The SMILES string of the molecule is CCNCc1ccc(Cl)cc1SCC(=O)OC(C)(C)C. The molecular formula is C15H22ClNO2S. The average molecular weight is 316 g/mol. The average Bonchev–Trinajstić information content (AvgIpc) is 2.33. The molecule has 0 aliphatic carbocycles. The summed E-state index contributed by atoms with van der Waals surface area (Å²) in [5, 5.41) is 3.96. The van der Waals surface area contributed by atoms with Crippen LogP contribution in [0.4, 0.5) is 0 Å². The Kier molecular flexibility index (Phi) is 6.86. The van der Waals surface area contributed by atoms with Crippen molar-refractivity contribution in [3.8, 4) is 0 Å². The monoisotopic (exact) mass is 315 g/mol. The van der Waals surface area contributed by atoms with Crippen LogP contribution in [0.1, 0.15) is 33.3 Å². The minimum Gasteiger partial charge on any atom is -0.459 e. The molecule has 1 aromatic rings. The second kappa shape index (κ2) is 7.91. The van der Waals surface area contributed by atoms with Crippen LogP contribution in [-0.4, -0.2) is 23.9 Å². The summed E-state index contributed by atoms with van der Waals surface area (Å²) < 4.78 is 5.30. The third kappa shape index (κ3) is 6.64. The highest BCUT2D eigenvalue weighted by molar-refractivity contribution is 8.00. The zero-order valence-electron chi connectivity index (χ0n) is 12.5. The van der Waals surface area contributed by atoms with Gasteiger partial charge in [-0.05, 0) is 45.0 Å². The molecule has 5 heteroatoms. The predicted molar refractivity (Wildman–Crippen MR) is 85.4 cm³/mol. The lowest BCUT2D eigenvalue weighted by atomic mass is 10.2. The molecule has 1 aromatic carbocycles. The van der Waals surface area contributed by atoms with E-state index in [9.17, 15) is 4.79 Å². The lowest BCUT2D eigenvalue weighted by Crippen LogP contribution is -2.25. The predicted octanol–water partition coefficient (Wildman–Crippen LogP) is 3.88. The van der Waals surface area contributed by atoms with Crippen LogP contribution in [0, 0.1) is 0 Å². The van der Waals surface area contributed by atoms with Gasteiger partial charge in [0, 0.05) is 16.5 Å². The van der Waals surface area contributed by atoms with E-state index >= 15 is 0 Å². The number of carbonyl (C=O) groups excluding carboxylic acids is 1. The number of hydrogen-bond donors (Lipinski definition) is 1.